The molecule has 0 saturated carbocycles. The molecule has 66 valence electrons. The zero-order chi connectivity index (χ0) is 9.42. The Morgan fingerprint density at radius 2 is 2.15 bits per heavy atom. The Labute approximate surface area is 73.7 Å². The summed E-state index contributed by atoms with van der Waals surface area (Å²) >= 11 is 0. The third-order valence-electron chi connectivity index (χ3n) is 1.86. The lowest BCUT2D eigenvalue weighted by Gasteiger charge is -1.96. The summed E-state index contributed by atoms with van der Waals surface area (Å²) in [5.74, 6) is 0.281. The van der Waals surface area contributed by atoms with Crippen molar-refractivity contribution in [3.63, 3.8) is 0 Å². The smallest absolute Gasteiger partial charge is 0.198 e. The molecular weight excluding hydrogens is 168 g/mol. The van der Waals surface area contributed by atoms with Crippen LogP contribution in [-0.4, -0.2) is 16.3 Å². The first-order valence-corrected chi connectivity index (χ1v) is 3.71. The van der Waals surface area contributed by atoms with Crippen LogP contribution in [0.3, 0.4) is 0 Å². The summed E-state index contributed by atoms with van der Waals surface area (Å²) in [6.45, 7) is 0. The molecule has 0 spiro atoms. The van der Waals surface area contributed by atoms with Crippen molar-refractivity contribution in [2.45, 2.75) is 0 Å². The van der Waals surface area contributed by atoms with Crippen molar-refractivity contribution in [3.05, 3.63) is 17.7 Å². The van der Waals surface area contributed by atoms with Gasteiger partial charge in [0.15, 0.2) is 12.2 Å². The quantitative estimate of drug-likeness (QED) is 0.436. The van der Waals surface area contributed by atoms with Gasteiger partial charge >= 0.3 is 0 Å². The topological polar surface area (TPSA) is 97.8 Å². The number of nitrogen functional groups attached to an aromatic ring is 2. The number of nitrogens with zero attached hydrogens (tertiary/aromatic N) is 1. The number of H-pyrrole nitrogens is 1. The van der Waals surface area contributed by atoms with Gasteiger partial charge < -0.3 is 16.5 Å². The fraction of sp³-hybridized carbons (Fsp3) is 0. The molecule has 0 atom stereocenters. The number of benzene rings is 1. The summed E-state index contributed by atoms with van der Waals surface area (Å²) in [7, 11) is 0. The van der Waals surface area contributed by atoms with Crippen LogP contribution in [0.5, 0.6) is 0 Å². The summed E-state index contributed by atoms with van der Waals surface area (Å²) in [4.78, 5) is 17.4. The lowest BCUT2D eigenvalue weighted by Crippen LogP contribution is -1.93. The van der Waals surface area contributed by atoms with E-state index in [1.807, 2.05) is 0 Å². The molecule has 0 amide bonds. The SMILES string of the molecule is Nc1nc2c(C=O)c(N)ccc2[nH]1. The fourth-order valence-corrected chi connectivity index (χ4v) is 1.26. The van der Waals surface area contributed by atoms with Crippen LogP contribution in [0.15, 0.2) is 12.1 Å². The zero-order valence-electron chi connectivity index (χ0n) is 6.74. The Balaban J connectivity index is 2.90. The van der Waals surface area contributed by atoms with E-state index in [2.05, 4.69) is 9.97 Å². The molecule has 0 bridgehead atoms. The normalized spacial score (nSPS) is 10.5. The monoisotopic (exact) mass is 176 g/mol. The molecular formula is C8H8N4O. The van der Waals surface area contributed by atoms with Crippen LogP contribution in [0, 0.1) is 0 Å². The fourth-order valence-electron chi connectivity index (χ4n) is 1.26. The maximum Gasteiger partial charge on any atom is 0.198 e. The average Bonchev–Trinajstić information content (AvgIpc) is 2.45. The first kappa shape index (κ1) is 7.60. The number of nitrogens with one attached hydrogen (secondary N) is 1. The van der Waals surface area contributed by atoms with Gasteiger partial charge in [-0.15, -0.1) is 0 Å². The third-order valence-corrected chi connectivity index (χ3v) is 1.86. The Kier molecular flexibility index (Phi) is 1.45. The molecule has 1 aromatic heterocycles. The van der Waals surface area contributed by atoms with Crippen molar-refractivity contribution in [3.8, 4) is 0 Å². The number of aromatic amines is 1. The van der Waals surface area contributed by atoms with Gasteiger partial charge in [-0.2, -0.15) is 0 Å². The van der Waals surface area contributed by atoms with Crippen molar-refractivity contribution in [2.24, 2.45) is 0 Å². The standard InChI is InChI=1S/C8H8N4O/c9-5-1-2-6-7(4(5)3-13)12-8(10)11-6/h1-3H,9H2,(H3,10,11,12). The Morgan fingerprint density at radius 1 is 1.38 bits per heavy atom. The largest absolute Gasteiger partial charge is 0.398 e. The molecule has 0 radical (unpaired) electrons. The number of imidazole rings is 1. The molecule has 2 rings (SSSR count). The minimum absolute atomic E-state index is 0.281. The summed E-state index contributed by atoms with van der Waals surface area (Å²) in [5.41, 5.74) is 13.0. The highest BCUT2D eigenvalue weighted by molar-refractivity contribution is 6.00. The van der Waals surface area contributed by atoms with Crippen LogP contribution < -0.4 is 11.5 Å². The zero-order valence-corrected chi connectivity index (χ0v) is 6.74. The summed E-state index contributed by atoms with van der Waals surface area (Å²) in [6, 6.07) is 3.38. The second-order valence-corrected chi connectivity index (χ2v) is 2.70. The van der Waals surface area contributed by atoms with Crippen molar-refractivity contribution < 1.29 is 4.79 Å². The van der Waals surface area contributed by atoms with Gasteiger partial charge in [0.1, 0.15) is 5.52 Å². The van der Waals surface area contributed by atoms with Crippen molar-refractivity contribution >= 4 is 29.0 Å². The molecule has 5 nitrogen and oxygen atoms in total. The summed E-state index contributed by atoms with van der Waals surface area (Å²) in [5, 5.41) is 0. The van der Waals surface area contributed by atoms with Gasteiger partial charge in [0.2, 0.25) is 0 Å². The van der Waals surface area contributed by atoms with E-state index in [0.717, 1.165) is 0 Å². The van der Waals surface area contributed by atoms with Crippen LogP contribution in [0.1, 0.15) is 10.4 Å². The molecule has 0 aliphatic heterocycles. The van der Waals surface area contributed by atoms with E-state index < -0.39 is 0 Å². The third kappa shape index (κ3) is 1.01. The second kappa shape index (κ2) is 2.48. The van der Waals surface area contributed by atoms with Crippen LogP contribution in [0.25, 0.3) is 11.0 Å². The maximum absolute atomic E-state index is 10.7. The molecule has 0 aliphatic carbocycles. The molecule has 1 aromatic carbocycles. The highest BCUT2D eigenvalue weighted by Crippen LogP contribution is 2.21. The number of nitrogens with two attached hydrogens (primary N) is 2. The van der Waals surface area contributed by atoms with E-state index >= 15 is 0 Å². The average molecular weight is 176 g/mol. The van der Waals surface area contributed by atoms with Gasteiger partial charge in [-0.25, -0.2) is 4.98 Å². The van der Waals surface area contributed by atoms with Gasteiger partial charge in [-0.3, -0.25) is 4.79 Å². The van der Waals surface area contributed by atoms with E-state index in [4.69, 9.17) is 11.5 Å². The van der Waals surface area contributed by atoms with E-state index in [-0.39, 0.29) is 5.95 Å². The van der Waals surface area contributed by atoms with E-state index in [1.165, 1.54) is 0 Å². The molecule has 0 saturated heterocycles. The number of fused-ring (bicyclic) bond motifs is 1. The van der Waals surface area contributed by atoms with Crippen LogP contribution in [0.2, 0.25) is 0 Å². The number of aromatic nitrogens is 2. The maximum atomic E-state index is 10.7. The highest BCUT2D eigenvalue weighted by Gasteiger charge is 2.07. The number of hydrogen-bond acceptors (Lipinski definition) is 4. The predicted molar refractivity (Wildman–Crippen MR) is 50.3 cm³/mol. The molecule has 0 aliphatic rings. The number of hydrogen-bond donors (Lipinski definition) is 3. The summed E-state index contributed by atoms with van der Waals surface area (Å²) in [6.07, 6.45) is 0.679. The van der Waals surface area contributed by atoms with E-state index in [9.17, 15) is 4.79 Å². The Bertz CT molecular complexity index is 474. The first-order valence-electron chi connectivity index (χ1n) is 3.71. The van der Waals surface area contributed by atoms with Crippen LogP contribution >= 0.6 is 0 Å². The lowest BCUT2D eigenvalue weighted by molar-refractivity contribution is 0.112. The van der Waals surface area contributed by atoms with E-state index in [1.54, 1.807) is 12.1 Å². The van der Waals surface area contributed by atoms with Crippen molar-refractivity contribution in [1.82, 2.24) is 9.97 Å². The molecule has 13 heavy (non-hydrogen) atoms. The molecule has 1 heterocycles. The van der Waals surface area contributed by atoms with E-state index in [0.29, 0.717) is 28.6 Å². The number of rotatable bonds is 1. The number of carbonyl (C=O) groups is 1. The van der Waals surface area contributed by atoms with Crippen LogP contribution in [-0.2, 0) is 0 Å². The van der Waals surface area contributed by atoms with Gasteiger partial charge in [0.05, 0.1) is 11.1 Å². The molecule has 0 unspecified atom stereocenters. The minimum atomic E-state index is 0.281. The Morgan fingerprint density at radius 3 is 2.85 bits per heavy atom. The van der Waals surface area contributed by atoms with Gasteiger partial charge in [-0.05, 0) is 12.1 Å². The first-order chi connectivity index (χ1) is 6.22. The Hall–Kier alpha value is -2.04. The molecule has 0 fully saturated rings. The van der Waals surface area contributed by atoms with Gasteiger partial charge in [0.25, 0.3) is 0 Å². The summed E-state index contributed by atoms with van der Waals surface area (Å²) < 4.78 is 0. The van der Waals surface area contributed by atoms with Gasteiger partial charge in [0, 0.05) is 5.69 Å². The van der Waals surface area contributed by atoms with Crippen LogP contribution in [0.4, 0.5) is 11.6 Å². The number of aldehydes is 1. The second-order valence-electron chi connectivity index (χ2n) is 2.70. The minimum Gasteiger partial charge on any atom is -0.398 e. The lowest BCUT2D eigenvalue weighted by atomic mass is 10.1. The molecule has 5 N–H and O–H groups in total. The predicted octanol–water partition coefficient (Wildman–Crippen LogP) is 0.540. The molecule has 2 aromatic rings. The molecule has 5 heteroatoms. The van der Waals surface area contributed by atoms with Crippen molar-refractivity contribution in [2.75, 3.05) is 11.5 Å². The number of carbonyl (C=O) groups excluding carboxylic acids is 1. The van der Waals surface area contributed by atoms with Crippen molar-refractivity contribution in [1.29, 1.82) is 0 Å². The highest BCUT2D eigenvalue weighted by atomic mass is 16.1. The number of anilines is 2. The van der Waals surface area contributed by atoms with Gasteiger partial charge in [-0.1, -0.05) is 0 Å².